The number of carbonyl (C=O) groups excluding carboxylic acids is 3. The second-order valence-corrected chi connectivity index (χ2v) is 21.7. The number of ether oxygens (including phenoxy) is 3. The average Bonchev–Trinajstić information content (AvgIpc) is 3.40. The Hall–Kier alpha value is -2.89. The molecule has 0 saturated carbocycles. The molecule has 0 bridgehead atoms. The smallest absolute Gasteiger partial charge is 0.306 e. The van der Waals surface area contributed by atoms with E-state index in [1.54, 1.807) is 0 Å². The van der Waals surface area contributed by atoms with Gasteiger partial charge in [0.1, 0.15) is 13.2 Å². The summed E-state index contributed by atoms with van der Waals surface area (Å²) in [6, 6.07) is 0. The zero-order valence-electron chi connectivity index (χ0n) is 49.4. The zero-order valence-corrected chi connectivity index (χ0v) is 49.4. The molecule has 1 unspecified atom stereocenters. The van der Waals surface area contributed by atoms with Crippen LogP contribution in [0.4, 0.5) is 0 Å². The van der Waals surface area contributed by atoms with Gasteiger partial charge in [0, 0.05) is 19.3 Å². The summed E-state index contributed by atoms with van der Waals surface area (Å²) in [6.07, 6.45) is 79.5. The molecule has 1 atom stereocenters. The van der Waals surface area contributed by atoms with Crippen LogP contribution < -0.4 is 0 Å². The third-order valence-electron chi connectivity index (χ3n) is 14.3. The lowest BCUT2D eigenvalue weighted by Gasteiger charge is -2.18. The summed E-state index contributed by atoms with van der Waals surface area (Å²) in [7, 11) is 0. The maximum atomic E-state index is 12.9. The molecule has 0 aliphatic heterocycles. The lowest BCUT2D eigenvalue weighted by Crippen LogP contribution is -2.30. The molecule has 0 aromatic rings. The summed E-state index contributed by atoms with van der Waals surface area (Å²) >= 11 is 0. The van der Waals surface area contributed by atoms with Gasteiger partial charge < -0.3 is 14.2 Å². The lowest BCUT2D eigenvalue weighted by molar-refractivity contribution is -0.167. The molecule has 0 saturated heterocycles. The summed E-state index contributed by atoms with van der Waals surface area (Å²) in [5, 5.41) is 0. The summed E-state index contributed by atoms with van der Waals surface area (Å²) in [5.41, 5.74) is 0. The van der Waals surface area contributed by atoms with Crippen LogP contribution in [-0.2, 0) is 28.6 Å². The Labute approximate surface area is 460 Å². The minimum absolute atomic E-state index is 0.0684. The minimum atomic E-state index is -0.769. The van der Waals surface area contributed by atoms with Gasteiger partial charge in [-0.25, -0.2) is 0 Å². The minimum Gasteiger partial charge on any atom is -0.462 e. The first-order valence-corrected chi connectivity index (χ1v) is 32.3. The van der Waals surface area contributed by atoms with Crippen LogP contribution in [0.2, 0.25) is 0 Å². The molecule has 6 nitrogen and oxygen atoms in total. The Balaban J connectivity index is 4.16. The fourth-order valence-corrected chi connectivity index (χ4v) is 9.47. The summed E-state index contributed by atoms with van der Waals surface area (Å²) < 4.78 is 16.9. The quantitative estimate of drug-likeness (QED) is 0.0261. The fraction of sp³-hybridized carbons (Fsp3) is 0.809. The molecule has 0 fully saturated rings. The third kappa shape index (κ3) is 60.0. The first-order chi connectivity index (χ1) is 36.5. The van der Waals surface area contributed by atoms with Crippen molar-refractivity contribution in [1.82, 2.24) is 0 Å². The van der Waals surface area contributed by atoms with Crippen molar-refractivity contribution in [1.29, 1.82) is 0 Å². The van der Waals surface area contributed by atoms with Crippen LogP contribution in [0.1, 0.15) is 335 Å². The van der Waals surface area contributed by atoms with E-state index in [2.05, 4.69) is 81.5 Å². The van der Waals surface area contributed by atoms with Gasteiger partial charge in [0.05, 0.1) is 0 Å². The Morgan fingerprint density at radius 1 is 0.284 bits per heavy atom. The molecule has 0 aliphatic rings. The number of unbranched alkanes of at least 4 members (excludes halogenated alkanes) is 38. The predicted octanol–water partition coefficient (Wildman–Crippen LogP) is 21.9. The molecular weight excluding hydrogens is 913 g/mol. The van der Waals surface area contributed by atoms with E-state index >= 15 is 0 Å². The Morgan fingerprint density at radius 3 is 0.824 bits per heavy atom. The van der Waals surface area contributed by atoms with E-state index in [0.29, 0.717) is 19.3 Å². The van der Waals surface area contributed by atoms with Gasteiger partial charge in [-0.3, -0.25) is 14.4 Å². The normalized spacial score (nSPS) is 12.4. The van der Waals surface area contributed by atoms with Crippen LogP contribution in [0.25, 0.3) is 0 Å². The Kier molecular flexibility index (Phi) is 60.2. The van der Waals surface area contributed by atoms with E-state index in [4.69, 9.17) is 14.2 Å². The molecule has 0 radical (unpaired) electrons. The zero-order chi connectivity index (χ0) is 53.6. The van der Waals surface area contributed by atoms with Crippen molar-refractivity contribution in [2.45, 2.75) is 341 Å². The van der Waals surface area contributed by atoms with Gasteiger partial charge in [-0.2, -0.15) is 0 Å². The number of carbonyl (C=O) groups is 3. The summed E-state index contributed by atoms with van der Waals surface area (Å²) in [4.78, 5) is 38.2. The van der Waals surface area contributed by atoms with Gasteiger partial charge in [0.2, 0.25) is 0 Å². The largest absolute Gasteiger partial charge is 0.462 e. The van der Waals surface area contributed by atoms with Crippen LogP contribution >= 0.6 is 0 Å². The SMILES string of the molecule is CC/C=C\C/C=C\C/C=C\C/C=C\C/C=C\CCCCCCCCCCCCCCCC(=O)OCC(COC(=O)CCCCCCCCCCCC)OC(=O)CCCCCCCCCCCCCCCCCCC. The molecule has 430 valence electrons. The average molecular weight is 1040 g/mol. The van der Waals surface area contributed by atoms with Crippen LogP contribution in [0.3, 0.4) is 0 Å². The molecule has 0 heterocycles. The van der Waals surface area contributed by atoms with Gasteiger partial charge in [0.25, 0.3) is 0 Å². The van der Waals surface area contributed by atoms with Crippen molar-refractivity contribution in [2.24, 2.45) is 0 Å². The maximum absolute atomic E-state index is 12.9. The number of hydrogen-bond donors (Lipinski definition) is 0. The summed E-state index contributed by atoms with van der Waals surface area (Å²) in [6.45, 7) is 6.56. The van der Waals surface area contributed by atoms with Crippen molar-refractivity contribution in [3.05, 3.63) is 60.8 Å². The first kappa shape index (κ1) is 71.1. The van der Waals surface area contributed by atoms with E-state index in [1.165, 1.54) is 205 Å². The van der Waals surface area contributed by atoms with E-state index in [1.807, 2.05) is 0 Å². The van der Waals surface area contributed by atoms with Gasteiger partial charge in [0.15, 0.2) is 6.10 Å². The second kappa shape index (κ2) is 62.6. The first-order valence-electron chi connectivity index (χ1n) is 32.3. The molecule has 0 rings (SSSR count). The molecule has 0 amide bonds. The molecule has 6 heteroatoms. The number of hydrogen-bond acceptors (Lipinski definition) is 6. The van der Waals surface area contributed by atoms with Crippen molar-refractivity contribution in [2.75, 3.05) is 13.2 Å². The molecule has 0 N–H and O–H groups in total. The standard InChI is InChI=1S/C68H122O6/c1-4-7-10-13-16-19-22-24-26-28-29-30-31-32-33-34-35-36-37-38-39-41-42-44-46-49-52-55-58-61-67(70)73-64-65(63-72-66(69)60-57-54-51-48-21-18-15-12-9-6-3)74-68(71)62-59-56-53-50-47-45-43-40-27-25-23-20-17-14-11-8-5-2/h7,10,16,19,24,26,29-30,32-33,65H,4-6,8-9,11-15,17-18,20-23,25,27-28,31,34-64H2,1-3H3/b10-7-,19-16-,26-24-,30-29-,33-32-. The summed E-state index contributed by atoms with van der Waals surface area (Å²) in [5.74, 6) is -0.851. The fourth-order valence-electron chi connectivity index (χ4n) is 9.47. The second-order valence-electron chi connectivity index (χ2n) is 21.7. The van der Waals surface area contributed by atoms with Crippen molar-refractivity contribution in [3.63, 3.8) is 0 Å². The van der Waals surface area contributed by atoms with Gasteiger partial charge in [-0.1, -0.05) is 313 Å². The highest BCUT2D eigenvalue weighted by atomic mass is 16.6. The maximum Gasteiger partial charge on any atom is 0.306 e. The van der Waals surface area contributed by atoms with Crippen molar-refractivity contribution >= 4 is 17.9 Å². The van der Waals surface area contributed by atoms with Crippen LogP contribution in [-0.4, -0.2) is 37.2 Å². The Bertz CT molecular complexity index is 1330. The van der Waals surface area contributed by atoms with E-state index in [9.17, 15) is 14.4 Å². The van der Waals surface area contributed by atoms with E-state index in [0.717, 1.165) is 89.9 Å². The monoisotopic (exact) mass is 1030 g/mol. The van der Waals surface area contributed by atoms with Crippen molar-refractivity contribution in [3.8, 4) is 0 Å². The highest BCUT2D eigenvalue weighted by Crippen LogP contribution is 2.17. The van der Waals surface area contributed by atoms with E-state index < -0.39 is 6.10 Å². The predicted molar refractivity (Wildman–Crippen MR) is 321 cm³/mol. The third-order valence-corrected chi connectivity index (χ3v) is 14.3. The van der Waals surface area contributed by atoms with E-state index in [-0.39, 0.29) is 31.1 Å². The number of allylic oxidation sites excluding steroid dienone is 10. The highest BCUT2D eigenvalue weighted by Gasteiger charge is 2.19. The van der Waals surface area contributed by atoms with Gasteiger partial charge in [-0.15, -0.1) is 0 Å². The molecule has 74 heavy (non-hydrogen) atoms. The van der Waals surface area contributed by atoms with Crippen LogP contribution in [0.5, 0.6) is 0 Å². The molecule has 0 aromatic carbocycles. The highest BCUT2D eigenvalue weighted by molar-refractivity contribution is 5.71. The molecule has 0 aromatic heterocycles. The van der Waals surface area contributed by atoms with Crippen LogP contribution in [0, 0.1) is 0 Å². The van der Waals surface area contributed by atoms with Crippen molar-refractivity contribution < 1.29 is 28.6 Å². The lowest BCUT2D eigenvalue weighted by atomic mass is 10.0. The molecule has 0 spiro atoms. The van der Waals surface area contributed by atoms with Gasteiger partial charge in [-0.05, 0) is 64.2 Å². The van der Waals surface area contributed by atoms with Crippen LogP contribution in [0.15, 0.2) is 60.8 Å². The number of esters is 3. The topological polar surface area (TPSA) is 78.9 Å². The number of rotatable bonds is 59. The molecule has 0 aliphatic carbocycles. The van der Waals surface area contributed by atoms with Gasteiger partial charge >= 0.3 is 17.9 Å². The Morgan fingerprint density at radius 2 is 0.527 bits per heavy atom. The molecular formula is C68H122O6.